The maximum Gasteiger partial charge on any atom is 0.260 e. The molecule has 0 fully saturated rings. The second-order valence-corrected chi connectivity index (χ2v) is 8.73. The van der Waals surface area contributed by atoms with Crippen LogP contribution in [0.1, 0.15) is 28.1 Å². The molecule has 2 aliphatic heterocycles. The van der Waals surface area contributed by atoms with E-state index in [0.29, 0.717) is 27.8 Å². The Morgan fingerprint density at radius 2 is 1.94 bits per heavy atom. The van der Waals surface area contributed by atoms with Gasteiger partial charge < -0.3 is 15.2 Å². The van der Waals surface area contributed by atoms with E-state index in [-0.39, 0.29) is 17.2 Å². The molecule has 0 aliphatic carbocycles. The molecule has 0 saturated heterocycles. The van der Waals surface area contributed by atoms with E-state index in [2.05, 4.69) is 27.9 Å². The van der Waals surface area contributed by atoms with Gasteiger partial charge in [0, 0.05) is 11.1 Å². The van der Waals surface area contributed by atoms with Crippen molar-refractivity contribution in [3.63, 3.8) is 0 Å². The van der Waals surface area contributed by atoms with Crippen LogP contribution < -0.4 is 5.32 Å². The van der Waals surface area contributed by atoms with Crippen LogP contribution in [-0.4, -0.2) is 28.6 Å². The lowest BCUT2D eigenvalue weighted by Crippen LogP contribution is -2.05. The predicted octanol–water partition coefficient (Wildman–Crippen LogP) is 5.95. The van der Waals surface area contributed by atoms with Crippen LogP contribution in [0.2, 0.25) is 5.02 Å². The molecule has 7 heteroatoms. The third-order valence-electron chi connectivity index (χ3n) is 5.48. The molecule has 0 unspecified atom stereocenters. The summed E-state index contributed by atoms with van der Waals surface area (Å²) < 4.78 is 9.59. The Morgan fingerprint density at radius 3 is 2.61 bits per heavy atom. The molecular formula is C24H19ClN2O3S. The fourth-order valence-corrected chi connectivity index (χ4v) is 4.88. The summed E-state index contributed by atoms with van der Waals surface area (Å²) in [4.78, 5) is 13.2. The summed E-state index contributed by atoms with van der Waals surface area (Å²) in [6.07, 6.45) is 3.01. The van der Waals surface area contributed by atoms with E-state index < -0.39 is 0 Å². The smallest absolute Gasteiger partial charge is 0.260 e. The lowest BCUT2D eigenvalue weighted by atomic mass is 9.95. The fraction of sp³-hybridized carbons (Fsp3) is 0.167. The standard InChI is InChI=1S/C24H19ClN2O3S/c1-13-10-21(31-27-13)23(28)22-18-11-17(19(25)12-20(18)26-24(22)29)16-4-2-14(3-5-16)15-6-8-30-9-7-15/h2-6,10-12,28H,7-9H2,1H3,(H,26,29). The monoisotopic (exact) mass is 450 g/mol. The lowest BCUT2D eigenvalue weighted by Gasteiger charge is -2.14. The highest BCUT2D eigenvalue weighted by Gasteiger charge is 2.30. The first kappa shape index (κ1) is 20.0. The molecule has 1 aromatic heterocycles. The Hall–Kier alpha value is -2.93. The van der Waals surface area contributed by atoms with Gasteiger partial charge in [-0.1, -0.05) is 41.9 Å². The molecule has 5 rings (SSSR count). The van der Waals surface area contributed by atoms with Crippen molar-refractivity contribution >= 4 is 51.6 Å². The molecule has 31 heavy (non-hydrogen) atoms. The number of carbonyl (C=O) groups is 1. The quantitative estimate of drug-likeness (QED) is 0.382. The number of aryl methyl sites for hydroxylation is 1. The Bertz CT molecular complexity index is 1260. The van der Waals surface area contributed by atoms with Gasteiger partial charge in [-0.3, -0.25) is 4.79 Å². The average Bonchev–Trinajstić information content (AvgIpc) is 3.35. The van der Waals surface area contributed by atoms with Crippen molar-refractivity contribution in [2.75, 3.05) is 18.5 Å². The van der Waals surface area contributed by atoms with Gasteiger partial charge in [0.2, 0.25) is 0 Å². The van der Waals surface area contributed by atoms with E-state index in [9.17, 15) is 9.90 Å². The number of aromatic nitrogens is 1. The van der Waals surface area contributed by atoms with Crippen molar-refractivity contribution in [2.24, 2.45) is 0 Å². The first-order valence-electron chi connectivity index (χ1n) is 9.91. The molecule has 3 aromatic rings. The van der Waals surface area contributed by atoms with Gasteiger partial charge in [-0.2, -0.15) is 4.37 Å². The van der Waals surface area contributed by atoms with Gasteiger partial charge in [-0.05, 0) is 59.8 Å². The Morgan fingerprint density at radius 1 is 1.16 bits per heavy atom. The molecule has 2 aliphatic rings. The first-order valence-corrected chi connectivity index (χ1v) is 11.1. The van der Waals surface area contributed by atoms with E-state index >= 15 is 0 Å². The molecule has 0 radical (unpaired) electrons. The molecule has 3 heterocycles. The van der Waals surface area contributed by atoms with Crippen molar-refractivity contribution in [3.8, 4) is 11.1 Å². The number of anilines is 1. The number of carbonyl (C=O) groups excluding carboxylic acids is 1. The van der Waals surface area contributed by atoms with Crippen molar-refractivity contribution < 1.29 is 14.6 Å². The summed E-state index contributed by atoms with van der Waals surface area (Å²) in [5.74, 6) is -0.425. The number of aliphatic hydroxyl groups excluding tert-OH is 1. The summed E-state index contributed by atoms with van der Waals surface area (Å²) in [5, 5.41) is 14.1. The molecule has 0 bridgehead atoms. The van der Waals surface area contributed by atoms with Crippen LogP contribution in [0.3, 0.4) is 0 Å². The number of rotatable bonds is 3. The maximum atomic E-state index is 12.6. The Labute approximate surface area is 188 Å². The van der Waals surface area contributed by atoms with Crippen LogP contribution >= 0.6 is 23.1 Å². The molecule has 0 saturated carbocycles. The van der Waals surface area contributed by atoms with Gasteiger partial charge in [0.1, 0.15) is 5.76 Å². The van der Waals surface area contributed by atoms with Gasteiger partial charge in [-0.15, -0.1) is 0 Å². The minimum absolute atomic E-state index is 0.0723. The van der Waals surface area contributed by atoms with Gasteiger partial charge in [0.25, 0.3) is 5.91 Å². The van der Waals surface area contributed by atoms with Crippen molar-refractivity contribution in [1.29, 1.82) is 0 Å². The molecule has 1 amide bonds. The van der Waals surface area contributed by atoms with Crippen LogP contribution in [0, 0.1) is 6.92 Å². The zero-order valence-electron chi connectivity index (χ0n) is 16.7. The third kappa shape index (κ3) is 3.67. The second kappa shape index (κ2) is 7.96. The first-order chi connectivity index (χ1) is 15.0. The topological polar surface area (TPSA) is 71.5 Å². The van der Waals surface area contributed by atoms with E-state index in [1.807, 2.05) is 25.1 Å². The minimum atomic E-state index is -0.353. The summed E-state index contributed by atoms with van der Waals surface area (Å²) in [6, 6.07) is 13.6. The maximum absolute atomic E-state index is 12.6. The second-order valence-electron chi connectivity index (χ2n) is 7.52. The average molecular weight is 451 g/mol. The molecule has 156 valence electrons. The molecule has 5 nitrogen and oxygen atoms in total. The summed E-state index contributed by atoms with van der Waals surface area (Å²) in [7, 11) is 0. The highest BCUT2D eigenvalue weighted by atomic mass is 35.5. The van der Waals surface area contributed by atoms with Crippen LogP contribution in [-0.2, 0) is 9.53 Å². The summed E-state index contributed by atoms with van der Waals surface area (Å²) in [6.45, 7) is 3.23. The summed E-state index contributed by atoms with van der Waals surface area (Å²) >= 11 is 7.72. The number of ether oxygens (including phenoxy) is 1. The molecular weight excluding hydrogens is 432 g/mol. The zero-order valence-corrected chi connectivity index (χ0v) is 18.3. The van der Waals surface area contributed by atoms with Crippen molar-refractivity contribution in [1.82, 2.24) is 4.37 Å². The third-order valence-corrected chi connectivity index (χ3v) is 6.68. The zero-order chi connectivity index (χ0) is 21.5. The molecule has 0 atom stereocenters. The van der Waals surface area contributed by atoms with Crippen molar-refractivity contribution in [2.45, 2.75) is 13.3 Å². The van der Waals surface area contributed by atoms with Crippen LogP contribution in [0.5, 0.6) is 0 Å². The summed E-state index contributed by atoms with van der Waals surface area (Å²) in [5.41, 5.74) is 6.44. The number of halogens is 1. The lowest BCUT2D eigenvalue weighted by molar-refractivity contribution is -0.110. The highest BCUT2D eigenvalue weighted by molar-refractivity contribution is 7.07. The normalized spacial score (nSPS) is 17.2. The van der Waals surface area contributed by atoms with E-state index in [0.717, 1.165) is 41.4 Å². The van der Waals surface area contributed by atoms with Crippen molar-refractivity contribution in [3.05, 3.63) is 75.3 Å². The molecule has 2 N–H and O–H groups in total. The Balaban J connectivity index is 1.56. The molecule has 2 aromatic carbocycles. The number of fused-ring (bicyclic) bond motifs is 1. The SMILES string of the molecule is Cc1cc(C(O)=C2C(=O)Nc3cc(Cl)c(-c4ccc(C5=CCOCC5)cc4)cc32)sn1. The number of aliphatic hydroxyl groups is 1. The van der Waals surface area contributed by atoms with Gasteiger partial charge in [-0.25, -0.2) is 0 Å². The van der Waals surface area contributed by atoms with Crippen LogP contribution in [0.15, 0.2) is 48.5 Å². The van der Waals surface area contributed by atoms with E-state index in [4.69, 9.17) is 16.3 Å². The number of nitrogens with one attached hydrogen (secondary N) is 1. The van der Waals surface area contributed by atoms with Crippen LogP contribution in [0.4, 0.5) is 5.69 Å². The highest BCUT2D eigenvalue weighted by Crippen LogP contribution is 2.42. The fourth-order valence-electron chi connectivity index (χ4n) is 3.90. The number of hydrogen-bond donors (Lipinski definition) is 2. The van der Waals surface area contributed by atoms with Crippen LogP contribution in [0.25, 0.3) is 28.0 Å². The number of hydrogen-bond acceptors (Lipinski definition) is 5. The number of amides is 1. The van der Waals surface area contributed by atoms with Gasteiger partial charge >= 0.3 is 0 Å². The largest absolute Gasteiger partial charge is 0.506 e. The van der Waals surface area contributed by atoms with Gasteiger partial charge in [0.05, 0.1) is 40.1 Å². The van der Waals surface area contributed by atoms with Gasteiger partial charge in [0.15, 0.2) is 0 Å². The number of nitrogens with zero attached hydrogens (tertiary/aromatic N) is 1. The minimum Gasteiger partial charge on any atom is -0.506 e. The van der Waals surface area contributed by atoms with E-state index in [1.165, 1.54) is 11.1 Å². The predicted molar refractivity (Wildman–Crippen MR) is 125 cm³/mol. The number of benzene rings is 2. The Kier molecular flexibility index (Phi) is 5.14. The van der Waals surface area contributed by atoms with E-state index in [1.54, 1.807) is 12.1 Å². The molecule has 0 spiro atoms.